The highest BCUT2D eigenvalue weighted by Gasteiger charge is 2.37. The van der Waals surface area contributed by atoms with Gasteiger partial charge in [-0.2, -0.15) is 26.3 Å². The summed E-state index contributed by atoms with van der Waals surface area (Å²) in [4.78, 5) is 4.51. The molecule has 2 aliphatic heterocycles. The molecule has 0 amide bonds. The van der Waals surface area contributed by atoms with E-state index in [2.05, 4.69) is 9.80 Å². The Morgan fingerprint density at radius 1 is 0.524 bits per heavy atom. The Kier molecular flexibility index (Phi) is 9.09. The lowest BCUT2D eigenvalue weighted by atomic mass is 9.78. The number of piperidine rings is 2. The van der Waals surface area contributed by atoms with Crippen LogP contribution in [0.4, 0.5) is 49.1 Å². The Labute approximate surface area is 244 Å². The van der Waals surface area contributed by atoms with Gasteiger partial charge in [0.1, 0.15) is 0 Å². The van der Waals surface area contributed by atoms with Gasteiger partial charge in [0.05, 0.1) is 33.9 Å². The Morgan fingerprint density at radius 2 is 0.881 bits per heavy atom. The quantitative estimate of drug-likeness (QED) is 0.269. The summed E-state index contributed by atoms with van der Waals surface area (Å²) in [7, 11) is 0. The van der Waals surface area contributed by atoms with Gasteiger partial charge >= 0.3 is 12.4 Å². The van der Waals surface area contributed by atoms with Gasteiger partial charge in [0.15, 0.2) is 0 Å². The van der Waals surface area contributed by atoms with Gasteiger partial charge in [-0.05, 0) is 99.6 Å². The summed E-state index contributed by atoms with van der Waals surface area (Å²) in [5, 5.41) is 0. The molecule has 2 aromatic rings. The van der Waals surface area contributed by atoms with E-state index in [1.807, 2.05) is 0 Å². The van der Waals surface area contributed by atoms with Crippen LogP contribution in [-0.4, -0.2) is 25.2 Å². The number of anilines is 4. The smallest absolute Gasteiger partial charge is 0.397 e. The van der Waals surface area contributed by atoms with Crippen LogP contribution in [0.15, 0.2) is 36.4 Å². The summed E-state index contributed by atoms with van der Waals surface area (Å²) in [6, 6.07) is 8.45. The van der Waals surface area contributed by atoms with Crippen LogP contribution in [0.2, 0.25) is 0 Å². The normalized spacial score (nSPS) is 26.5. The first kappa shape index (κ1) is 30.7. The third-order valence-corrected chi connectivity index (χ3v) is 9.82. The van der Waals surface area contributed by atoms with Gasteiger partial charge in [0, 0.05) is 25.2 Å². The Morgan fingerprint density at radius 3 is 1.24 bits per heavy atom. The van der Waals surface area contributed by atoms with Crippen molar-refractivity contribution >= 4 is 22.7 Å². The molecule has 4 nitrogen and oxygen atoms in total. The van der Waals surface area contributed by atoms with Gasteiger partial charge in [0.25, 0.3) is 0 Å². The molecule has 10 heteroatoms. The fourth-order valence-electron chi connectivity index (χ4n) is 7.83. The molecule has 4 aliphatic rings. The van der Waals surface area contributed by atoms with Crippen LogP contribution in [0.5, 0.6) is 0 Å². The van der Waals surface area contributed by atoms with E-state index in [1.54, 1.807) is 12.1 Å². The maximum absolute atomic E-state index is 12.7. The van der Waals surface area contributed by atoms with Crippen molar-refractivity contribution in [1.82, 2.24) is 0 Å². The molecular formula is C32H42F6N4. The molecule has 0 radical (unpaired) electrons. The topological polar surface area (TPSA) is 58.5 Å². The van der Waals surface area contributed by atoms with Crippen molar-refractivity contribution in [2.75, 3.05) is 34.4 Å². The summed E-state index contributed by atoms with van der Waals surface area (Å²) in [5.74, 6) is 1.35. The third-order valence-electron chi connectivity index (χ3n) is 9.82. The summed E-state index contributed by atoms with van der Waals surface area (Å²) in [5.41, 5.74) is 12.6. The molecule has 0 unspecified atom stereocenters. The number of alkyl halides is 6. The lowest BCUT2D eigenvalue weighted by Crippen LogP contribution is -2.47. The zero-order chi connectivity index (χ0) is 30.1. The van der Waals surface area contributed by atoms with Crippen LogP contribution in [0.25, 0.3) is 0 Å². The molecule has 2 aliphatic carbocycles. The Hall–Kier alpha value is -2.78. The van der Waals surface area contributed by atoms with Crippen LogP contribution in [-0.2, 0) is 12.4 Å². The van der Waals surface area contributed by atoms with E-state index in [4.69, 9.17) is 11.5 Å². The van der Waals surface area contributed by atoms with E-state index in [1.165, 1.54) is 51.4 Å². The van der Waals surface area contributed by atoms with Crippen molar-refractivity contribution in [3.05, 3.63) is 47.5 Å². The van der Waals surface area contributed by atoms with Gasteiger partial charge in [-0.1, -0.05) is 25.7 Å². The van der Waals surface area contributed by atoms with Crippen molar-refractivity contribution in [3.63, 3.8) is 0 Å². The Balaban J connectivity index is 0.000000168. The molecule has 2 heterocycles. The molecule has 2 saturated heterocycles. The van der Waals surface area contributed by atoms with Crippen LogP contribution in [0, 0.1) is 11.8 Å². The van der Waals surface area contributed by atoms with E-state index >= 15 is 0 Å². The fraction of sp³-hybridized carbons (Fsp3) is 0.625. The summed E-state index contributed by atoms with van der Waals surface area (Å²) in [6.45, 7) is 1.80. The van der Waals surface area contributed by atoms with Crippen molar-refractivity contribution in [2.24, 2.45) is 11.8 Å². The molecule has 42 heavy (non-hydrogen) atoms. The van der Waals surface area contributed by atoms with E-state index in [0.29, 0.717) is 23.9 Å². The fourth-order valence-corrected chi connectivity index (χ4v) is 7.83. The number of benzene rings is 2. The molecule has 6 rings (SSSR count). The number of hydrogen-bond donors (Lipinski definition) is 2. The second-order valence-corrected chi connectivity index (χ2v) is 12.4. The van der Waals surface area contributed by atoms with Crippen molar-refractivity contribution < 1.29 is 26.3 Å². The highest BCUT2D eigenvalue weighted by molar-refractivity contribution is 5.70. The molecule has 2 aromatic carbocycles. The second kappa shape index (κ2) is 12.4. The number of halogens is 6. The molecule has 4 fully saturated rings. The molecule has 0 spiro atoms. The van der Waals surface area contributed by atoms with Crippen LogP contribution in [0.1, 0.15) is 88.2 Å². The van der Waals surface area contributed by atoms with Gasteiger partial charge < -0.3 is 21.3 Å². The minimum atomic E-state index is -4.33. The van der Waals surface area contributed by atoms with Crippen molar-refractivity contribution in [2.45, 2.75) is 101 Å². The number of rotatable bonds is 2. The molecule has 4 N–H and O–H groups in total. The maximum atomic E-state index is 12.7. The van der Waals surface area contributed by atoms with E-state index < -0.39 is 23.5 Å². The van der Waals surface area contributed by atoms with E-state index in [-0.39, 0.29) is 11.4 Å². The number of hydrogen-bond acceptors (Lipinski definition) is 4. The lowest BCUT2D eigenvalue weighted by Gasteiger charge is -2.45. The summed E-state index contributed by atoms with van der Waals surface area (Å²) < 4.78 is 76.4. The predicted molar refractivity (Wildman–Crippen MR) is 156 cm³/mol. The lowest BCUT2D eigenvalue weighted by molar-refractivity contribution is -0.138. The maximum Gasteiger partial charge on any atom is 0.416 e. The standard InChI is InChI=1S/2C16H21F3N2/c2*17-16(18,19)12-7-8-15(13(20)10-12)21-9-3-5-11-4-1-2-6-14(11)21/h2*7-8,10-11,14H,1-6,9,20H2/t2*11-,14+/m00/s1. The largest absolute Gasteiger partial charge is 0.416 e. The van der Waals surface area contributed by atoms with Crippen LogP contribution < -0.4 is 21.3 Å². The first-order valence-electron chi connectivity index (χ1n) is 15.4. The van der Waals surface area contributed by atoms with Gasteiger partial charge in [-0.3, -0.25) is 0 Å². The molecule has 2 saturated carbocycles. The Bertz CT molecular complexity index is 1110. The SMILES string of the molecule is Nc1cc(C(F)(F)F)ccc1N1CCC[C@@H]2CCCC[C@H]21.Nc1cc(C(F)(F)F)ccc1N1CCC[C@@H]2CCCC[C@H]21. The highest BCUT2D eigenvalue weighted by Crippen LogP contribution is 2.42. The van der Waals surface area contributed by atoms with Crippen LogP contribution >= 0.6 is 0 Å². The molecular weight excluding hydrogens is 554 g/mol. The van der Waals surface area contributed by atoms with E-state index in [0.717, 1.165) is 74.4 Å². The summed E-state index contributed by atoms with van der Waals surface area (Å²) in [6.07, 6.45) is 5.71. The molecule has 0 aromatic heterocycles. The summed E-state index contributed by atoms with van der Waals surface area (Å²) >= 11 is 0. The van der Waals surface area contributed by atoms with E-state index in [9.17, 15) is 26.3 Å². The third kappa shape index (κ3) is 6.72. The zero-order valence-corrected chi connectivity index (χ0v) is 24.0. The zero-order valence-electron chi connectivity index (χ0n) is 24.0. The minimum absolute atomic E-state index is 0.246. The predicted octanol–water partition coefficient (Wildman–Crippen LogP) is 8.89. The highest BCUT2D eigenvalue weighted by atomic mass is 19.4. The molecule has 0 bridgehead atoms. The van der Waals surface area contributed by atoms with Gasteiger partial charge in [-0.15, -0.1) is 0 Å². The van der Waals surface area contributed by atoms with Crippen LogP contribution in [0.3, 0.4) is 0 Å². The van der Waals surface area contributed by atoms with Crippen molar-refractivity contribution in [3.8, 4) is 0 Å². The number of nitrogens with zero attached hydrogens (tertiary/aromatic N) is 2. The average Bonchev–Trinajstić information content (AvgIpc) is 2.96. The molecule has 4 atom stereocenters. The first-order valence-corrected chi connectivity index (χ1v) is 15.4. The van der Waals surface area contributed by atoms with Gasteiger partial charge in [0.2, 0.25) is 0 Å². The minimum Gasteiger partial charge on any atom is -0.397 e. The number of nitrogens with two attached hydrogens (primary N) is 2. The monoisotopic (exact) mass is 596 g/mol. The molecule has 232 valence electrons. The first-order chi connectivity index (χ1) is 19.9. The number of fused-ring (bicyclic) bond motifs is 2. The van der Waals surface area contributed by atoms with Crippen molar-refractivity contribution in [1.29, 1.82) is 0 Å². The van der Waals surface area contributed by atoms with Gasteiger partial charge in [-0.25, -0.2) is 0 Å². The second-order valence-electron chi connectivity index (χ2n) is 12.4. The average molecular weight is 597 g/mol. The number of nitrogen functional groups attached to an aromatic ring is 2.